The molecule has 8 rings (SSSR count). The third-order valence-electron chi connectivity index (χ3n) is 9.95. The molecule has 0 fully saturated rings. The Bertz CT molecular complexity index is 3200. The van der Waals surface area contributed by atoms with Crippen LogP contribution >= 0.6 is 0 Å². The first-order chi connectivity index (χ1) is 30.9. The Morgan fingerprint density at radius 3 is 1.72 bits per heavy atom. The molecule has 17 nitrogen and oxygen atoms in total. The van der Waals surface area contributed by atoms with Crippen molar-refractivity contribution in [2.45, 2.75) is 23.4 Å². The molecule has 8 aromatic rings. The molecule has 0 saturated heterocycles. The number of methoxy groups -OCH3 is 4. The first kappa shape index (κ1) is 43.2. The van der Waals surface area contributed by atoms with Crippen molar-refractivity contribution in [3.8, 4) is 79.8 Å². The van der Waals surface area contributed by atoms with E-state index in [4.69, 9.17) is 32.8 Å². The van der Waals surface area contributed by atoms with E-state index in [0.717, 1.165) is 5.56 Å². The molecule has 0 saturated carbocycles. The molecule has 0 bridgehead atoms. The van der Waals surface area contributed by atoms with E-state index < -0.39 is 21.6 Å². The quantitative estimate of drug-likeness (QED) is 0.106. The van der Waals surface area contributed by atoms with Crippen LogP contribution < -0.4 is 30.1 Å². The summed E-state index contributed by atoms with van der Waals surface area (Å²) in [7, 11) is 2.98. The number of aromatic nitrogens is 7. The van der Waals surface area contributed by atoms with Gasteiger partial charge in [-0.25, -0.2) is 24.9 Å². The standard InChI is InChI=1S/C45H39N7O10S2/c1-57-37-12-9-26(17-38(37)58-2)21-51-23-29(11-13-40(51)53)32-20-34(50-45(48-32)64(6)56)43-46-35(25-62-43)30-16-27(18-39(59-3)42(30)60-4)22-52-24-28(10-14-41(52)54)31-19-33(36-8-7-15-61-36)49-44(47-31)63(5)55/h7-20,23-25H,21-22H2,1-6H3. The molecule has 0 aliphatic rings. The number of pyridine rings is 2. The molecular formula is C45H39N7O10S2. The molecule has 6 heterocycles. The molecule has 0 N–H and O–H groups in total. The van der Waals surface area contributed by atoms with Crippen LogP contribution in [0.4, 0.5) is 0 Å². The third-order valence-corrected chi connectivity index (χ3v) is 11.3. The Kier molecular flexibility index (Phi) is 12.4. The zero-order chi connectivity index (χ0) is 45.1. The maximum atomic E-state index is 13.3. The molecule has 326 valence electrons. The molecule has 0 aliphatic heterocycles. The average Bonchev–Trinajstić information content (AvgIpc) is 4.04. The van der Waals surface area contributed by atoms with Crippen molar-refractivity contribution in [2.75, 3.05) is 41.0 Å². The lowest BCUT2D eigenvalue weighted by Gasteiger charge is -2.15. The summed E-state index contributed by atoms with van der Waals surface area (Å²) in [5.74, 6) is 2.38. The molecule has 2 atom stereocenters. The van der Waals surface area contributed by atoms with Gasteiger partial charge in [0.05, 0.1) is 80.8 Å². The van der Waals surface area contributed by atoms with Crippen LogP contribution in [0.15, 0.2) is 133 Å². The van der Waals surface area contributed by atoms with Crippen molar-refractivity contribution in [3.63, 3.8) is 0 Å². The maximum absolute atomic E-state index is 13.3. The van der Waals surface area contributed by atoms with Crippen LogP contribution in [0.1, 0.15) is 11.1 Å². The molecule has 64 heavy (non-hydrogen) atoms. The highest BCUT2D eigenvalue weighted by Crippen LogP contribution is 2.40. The lowest BCUT2D eigenvalue weighted by Crippen LogP contribution is -2.19. The summed E-state index contributed by atoms with van der Waals surface area (Å²) in [6.45, 7) is 0.325. The Morgan fingerprint density at radius 1 is 0.562 bits per heavy atom. The zero-order valence-electron chi connectivity index (χ0n) is 35.3. The smallest absolute Gasteiger partial charge is 0.250 e. The van der Waals surface area contributed by atoms with Crippen LogP contribution in [-0.4, -0.2) is 83.4 Å². The average molecular weight is 902 g/mol. The van der Waals surface area contributed by atoms with E-state index in [0.29, 0.717) is 73.8 Å². The van der Waals surface area contributed by atoms with Crippen molar-refractivity contribution >= 4 is 21.6 Å². The highest BCUT2D eigenvalue weighted by atomic mass is 32.2. The predicted octanol–water partition coefficient (Wildman–Crippen LogP) is 6.11. The van der Waals surface area contributed by atoms with Gasteiger partial charge in [0.1, 0.15) is 23.3 Å². The molecule has 2 aromatic carbocycles. The van der Waals surface area contributed by atoms with E-state index in [1.807, 2.05) is 6.07 Å². The van der Waals surface area contributed by atoms with Crippen LogP contribution in [0, 0.1) is 0 Å². The zero-order valence-corrected chi connectivity index (χ0v) is 36.9. The van der Waals surface area contributed by atoms with Gasteiger partial charge in [0.2, 0.25) is 16.2 Å². The SMILES string of the molecule is COc1ccc(Cn2cc(-c3cc(-c4nc(-c5cc(Cn6cc(-c7cc(-c8ccco8)nc(S(C)=O)n7)ccc6=O)cc(OC)c5OC)co4)nc(S(C)=O)n3)ccc2=O)cc1OC. The van der Waals surface area contributed by atoms with Gasteiger partial charge < -0.3 is 36.9 Å². The molecule has 0 aliphatic carbocycles. The number of oxazole rings is 1. The van der Waals surface area contributed by atoms with Gasteiger partial charge in [-0.1, -0.05) is 6.07 Å². The topological polar surface area (TPSA) is 206 Å². The maximum Gasteiger partial charge on any atom is 0.250 e. The fourth-order valence-electron chi connectivity index (χ4n) is 6.87. The monoisotopic (exact) mass is 901 g/mol. The second kappa shape index (κ2) is 18.5. The second-order valence-electron chi connectivity index (χ2n) is 14.1. The Balaban J connectivity index is 1.13. The number of rotatable bonds is 15. The molecular weight excluding hydrogens is 863 g/mol. The lowest BCUT2D eigenvalue weighted by atomic mass is 10.1. The Morgan fingerprint density at radius 2 is 1.14 bits per heavy atom. The van der Waals surface area contributed by atoms with E-state index in [1.54, 1.807) is 87.3 Å². The molecule has 6 aromatic heterocycles. The predicted molar refractivity (Wildman–Crippen MR) is 238 cm³/mol. The minimum atomic E-state index is -1.61. The van der Waals surface area contributed by atoms with E-state index in [-0.39, 0.29) is 46.1 Å². The Labute approximate surface area is 370 Å². The van der Waals surface area contributed by atoms with Gasteiger partial charge in [-0.3, -0.25) is 18.0 Å². The van der Waals surface area contributed by atoms with Gasteiger partial charge in [0.25, 0.3) is 11.1 Å². The summed E-state index contributed by atoms with van der Waals surface area (Å²) < 4.78 is 62.3. The van der Waals surface area contributed by atoms with Crippen molar-refractivity contribution < 1.29 is 36.2 Å². The first-order valence-electron chi connectivity index (χ1n) is 19.3. The largest absolute Gasteiger partial charge is 0.493 e. The summed E-state index contributed by atoms with van der Waals surface area (Å²) in [4.78, 5) is 49.1. The number of ether oxygens (including phenoxy) is 4. The first-order valence-corrected chi connectivity index (χ1v) is 22.4. The van der Waals surface area contributed by atoms with E-state index >= 15 is 0 Å². The lowest BCUT2D eigenvalue weighted by molar-refractivity contribution is 0.354. The number of furan rings is 1. The normalized spacial score (nSPS) is 12.2. The fourth-order valence-corrected chi connectivity index (χ4v) is 7.77. The van der Waals surface area contributed by atoms with Gasteiger partial charge in [0.15, 0.2) is 28.8 Å². The number of hydrogen-bond acceptors (Lipinski definition) is 15. The minimum Gasteiger partial charge on any atom is -0.493 e. The van der Waals surface area contributed by atoms with Gasteiger partial charge in [-0.2, -0.15) is 0 Å². The van der Waals surface area contributed by atoms with Gasteiger partial charge in [0, 0.05) is 53.7 Å². The van der Waals surface area contributed by atoms with Crippen molar-refractivity contribution in [3.05, 3.63) is 136 Å². The van der Waals surface area contributed by atoms with Crippen LogP contribution in [-0.2, 0) is 34.7 Å². The van der Waals surface area contributed by atoms with Crippen LogP contribution in [0.5, 0.6) is 23.0 Å². The van der Waals surface area contributed by atoms with Crippen LogP contribution in [0.3, 0.4) is 0 Å². The molecule has 2 unspecified atom stereocenters. The van der Waals surface area contributed by atoms with Crippen molar-refractivity contribution in [1.29, 1.82) is 0 Å². The van der Waals surface area contributed by atoms with Crippen LogP contribution in [0.25, 0.3) is 56.8 Å². The molecule has 19 heteroatoms. The highest BCUT2D eigenvalue weighted by molar-refractivity contribution is 7.84. The number of hydrogen-bond donors (Lipinski definition) is 0. The van der Waals surface area contributed by atoms with E-state index in [2.05, 4.69) is 19.9 Å². The fraction of sp³-hybridized carbons (Fsp3) is 0.178. The minimum absolute atomic E-state index is 0.0251. The molecule has 0 radical (unpaired) electrons. The summed E-state index contributed by atoms with van der Waals surface area (Å²) in [5.41, 5.74) is 4.39. The van der Waals surface area contributed by atoms with Crippen molar-refractivity contribution in [2.24, 2.45) is 0 Å². The van der Waals surface area contributed by atoms with Crippen molar-refractivity contribution in [1.82, 2.24) is 34.1 Å². The number of nitrogens with zero attached hydrogens (tertiary/aromatic N) is 7. The van der Waals surface area contributed by atoms with Gasteiger partial charge in [-0.05, 0) is 71.8 Å². The van der Waals surface area contributed by atoms with E-state index in [9.17, 15) is 18.0 Å². The summed E-state index contributed by atoms with van der Waals surface area (Å²) in [6, 6.07) is 21.9. The van der Waals surface area contributed by atoms with E-state index in [1.165, 1.54) is 60.5 Å². The highest BCUT2D eigenvalue weighted by Gasteiger charge is 2.22. The Hall–Kier alpha value is -7.51. The summed E-state index contributed by atoms with van der Waals surface area (Å²) in [5, 5.41) is 0.140. The second-order valence-corrected chi connectivity index (χ2v) is 16.6. The van der Waals surface area contributed by atoms with Crippen LogP contribution in [0.2, 0.25) is 0 Å². The van der Waals surface area contributed by atoms with Gasteiger partial charge in [-0.15, -0.1) is 0 Å². The molecule has 0 spiro atoms. The third kappa shape index (κ3) is 9.02. The molecule has 0 amide bonds. The summed E-state index contributed by atoms with van der Waals surface area (Å²) >= 11 is 0. The van der Waals surface area contributed by atoms with Gasteiger partial charge >= 0.3 is 0 Å². The number of benzene rings is 2. The summed E-state index contributed by atoms with van der Waals surface area (Å²) in [6.07, 6.45) is 9.22.